The minimum absolute atomic E-state index is 0.0668. The van der Waals surface area contributed by atoms with Crippen LogP contribution in [0.5, 0.6) is 0 Å². The summed E-state index contributed by atoms with van der Waals surface area (Å²) in [5, 5.41) is 9.16. The van der Waals surface area contributed by atoms with Crippen molar-refractivity contribution < 1.29 is 14.6 Å². The van der Waals surface area contributed by atoms with Gasteiger partial charge in [0.2, 0.25) is 0 Å². The van der Waals surface area contributed by atoms with Crippen molar-refractivity contribution in [2.24, 2.45) is 5.41 Å². The van der Waals surface area contributed by atoms with Crippen LogP contribution < -0.4 is 0 Å². The molecule has 98 valence electrons. The third kappa shape index (κ3) is 2.87. The molecule has 0 bridgehead atoms. The van der Waals surface area contributed by atoms with Gasteiger partial charge < -0.3 is 14.6 Å². The van der Waals surface area contributed by atoms with Crippen LogP contribution in [-0.4, -0.2) is 54.7 Å². The summed E-state index contributed by atoms with van der Waals surface area (Å²) in [5.74, 6) is 0. The molecule has 0 amide bonds. The zero-order valence-electron chi connectivity index (χ0n) is 10.6. The quantitative estimate of drug-likeness (QED) is 0.741. The normalized spacial score (nSPS) is 33.8. The highest BCUT2D eigenvalue weighted by Gasteiger charge is 2.38. The molecule has 0 aromatic carbocycles. The van der Waals surface area contributed by atoms with Gasteiger partial charge in [-0.25, -0.2) is 0 Å². The van der Waals surface area contributed by atoms with Crippen molar-refractivity contribution >= 4 is 6.29 Å². The maximum atomic E-state index is 11.4. The standard InChI is InChI=1S/C13H23NO3/c1-11-8-17-12(7-15)6-14(11)9-13(10-16)4-2-3-5-13/h10-12,15H,2-9H2,1H3. The monoisotopic (exact) mass is 241 g/mol. The van der Waals surface area contributed by atoms with E-state index in [2.05, 4.69) is 11.8 Å². The van der Waals surface area contributed by atoms with Gasteiger partial charge in [-0.2, -0.15) is 0 Å². The van der Waals surface area contributed by atoms with E-state index in [1.54, 1.807) is 0 Å². The summed E-state index contributed by atoms with van der Waals surface area (Å²) in [4.78, 5) is 13.7. The molecular formula is C13H23NO3. The van der Waals surface area contributed by atoms with E-state index in [1.807, 2.05) is 0 Å². The SMILES string of the molecule is CC1COC(CO)CN1CC1(C=O)CCCC1. The van der Waals surface area contributed by atoms with Crippen molar-refractivity contribution in [1.29, 1.82) is 0 Å². The highest BCUT2D eigenvalue weighted by Crippen LogP contribution is 2.37. The topological polar surface area (TPSA) is 49.8 Å². The Balaban J connectivity index is 1.97. The molecule has 1 N–H and O–H groups in total. The molecule has 1 aliphatic heterocycles. The number of morpholine rings is 1. The fraction of sp³-hybridized carbons (Fsp3) is 0.923. The highest BCUT2D eigenvalue weighted by atomic mass is 16.5. The van der Waals surface area contributed by atoms with Gasteiger partial charge in [0.25, 0.3) is 0 Å². The van der Waals surface area contributed by atoms with E-state index >= 15 is 0 Å². The van der Waals surface area contributed by atoms with Crippen molar-refractivity contribution in [3.8, 4) is 0 Å². The number of ether oxygens (including phenoxy) is 1. The number of rotatable bonds is 4. The van der Waals surface area contributed by atoms with Crippen LogP contribution in [0.1, 0.15) is 32.6 Å². The molecule has 0 radical (unpaired) electrons. The zero-order chi connectivity index (χ0) is 12.3. The molecule has 4 nitrogen and oxygen atoms in total. The van der Waals surface area contributed by atoms with Crippen molar-refractivity contribution in [3.05, 3.63) is 0 Å². The predicted molar refractivity (Wildman–Crippen MR) is 64.8 cm³/mol. The predicted octanol–water partition coefficient (Wildman–Crippen LogP) is 0.827. The van der Waals surface area contributed by atoms with E-state index in [0.717, 1.165) is 32.2 Å². The van der Waals surface area contributed by atoms with Crippen LogP contribution >= 0.6 is 0 Å². The van der Waals surface area contributed by atoms with Crippen molar-refractivity contribution in [1.82, 2.24) is 4.90 Å². The number of nitrogens with zero attached hydrogens (tertiary/aromatic N) is 1. The molecule has 0 aromatic heterocycles. The highest BCUT2D eigenvalue weighted by molar-refractivity contribution is 5.60. The van der Waals surface area contributed by atoms with Crippen LogP contribution in [0, 0.1) is 5.41 Å². The summed E-state index contributed by atoms with van der Waals surface area (Å²) < 4.78 is 5.52. The molecule has 0 aromatic rings. The summed E-state index contributed by atoms with van der Waals surface area (Å²) in [5.41, 5.74) is -0.133. The number of hydrogen-bond acceptors (Lipinski definition) is 4. The number of carbonyl (C=O) groups excluding carboxylic acids is 1. The first-order valence-electron chi connectivity index (χ1n) is 6.62. The Kier molecular flexibility index (Phi) is 4.17. The van der Waals surface area contributed by atoms with Crippen LogP contribution in [0.3, 0.4) is 0 Å². The second kappa shape index (κ2) is 5.46. The fourth-order valence-electron chi connectivity index (χ4n) is 3.00. The van der Waals surface area contributed by atoms with E-state index in [4.69, 9.17) is 9.84 Å². The molecule has 1 saturated carbocycles. The summed E-state index contributed by atoms with van der Waals surface area (Å²) in [6, 6.07) is 0.343. The lowest BCUT2D eigenvalue weighted by Gasteiger charge is -2.41. The van der Waals surface area contributed by atoms with Crippen LogP contribution in [-0.2, 0) is 9.53 Å². The van der Waals surface area contributed by atoms with E-state index < -0.39 is 0 Å². The second-order valence-electron chi connectivity index (χ2n) is 5.60. The van der Waals surface area contributed by atoms with Gasteiger partial charge in [-0.15, -0.1) is 0 Å². The molecule has 2 aliphatic rings. The molecule has 0 spiro atoms. The molecule has 1 aliphatic carbocycles. The van der Waals surface area contributed by atoms with E-state index in [1.165, 1.54) is 12.8 Å². The van der Waals surface area contributed by atoms with Crippen molar-refractivity contribution in [3.63, 3.8) is 0 Å². The Hall–Kier alpha value is -0.450. The molecule has 1 saturated heterocycles. The molecule has 2 fully saturated rings. The first-order chi connectivity index (χ1) is 8.19. The third-order valence-corrected chi connectivity index (χ3v) is 4.21. The zero-order valence-corrected chi connectivity index (χ0v) is 10.6. The number of carbonyl (C=O) groups is 1. The van der Waals surface area contributed by atoms with Gasteiger partial charge in [0.1, 0.15) is 6.29 Å². The Morgan fingerprint density at radius 1 is 1.47 bits per heavy atom. The van der Waals surface area contributed by atoms with Crippen LogP contribution in [0.2, 0.25) is 0 Å². The first kappa shape index (κ1) is 13.0. The van der Waals surface area contributed by atoms with E-state index in [9.17, 15) is 4.79 Å². The minimum atomic E-state index is -0.133. The Labute approximate surface area is 103 Å². The van der Waals surface area contributed by atoms with Crippen LogP contribution in [0.25, 0.3) is 0 Å². The summed E-state index contributed by atoms with van der Waals surface area (Å²) in [6.07, 6.45) is 5.45. The smallest absolute Gasteiger partial charge is 0.127 e. The summed E-state index contributed by atoms with van der Waals surface area (Å²) in [6.45, 7) is 4.42. The van der Waals surface area contributed by atoms with Gasteiger partial charge in [-0.05, 0) is 19.8 Å². The third-order valence-electron chi connectivity index (χ3n) is 4.21. The Morgan fingerprint density at radius 2 is 2.18 bits per heavy atom. The molecule has 17 heavy (non-hydrogen) atoms. The largest absolute Gasteiger partial charge is 0.394 e. The van der Waals surface area contributed by atoms with Crippen LogP contribution in [0.15, 0.2) is 0 Å². The molecule has 1 heterocycles. The second-order valence-corrected chi connectivity index (χ2v) is 5.60. The van der Waals surface area contributed by atoms with Crippen LogP contribution in [0.4, 0.5) is 0 Å². The average Bonchev–Trinajstić information content (AvgIpc) is 2.81. The van der Waals surface area contributed by atoms with Gasteiger partial charge in [-0.3, -0.25) is 4.90 Å². The van der Waals surface area contributed by atoms with E-state index in [0.29, 0.717) is 12.6 Å². The molecule has 2 unspecified atom stereocenters. The molecule has 2 atom stereocenters. The maximum Gasteiger partial charge on any atom is 0.127 e. The Bertz CT molecular complexity index is 263. The maximum absolute atomic E-state index is 11.4. The van der Waals surface area contributed by atoms with Gasteiger partial charge in [0.05, 0.1) is 19.3 Å². The molecule has 2 rings (SSSR count). The van der Waals surface area contributed by atoms with Gasteiger partial charge in [-0.1, -0.05) is 12.8 Å². The lowest BCUT2D eigenvalue weighted by Crippen LogP contribution is -2.52. The van der Waals surface area contributed by atoms with Gasteiger partial charge in [0, 0.05) is 24.5 Å². The molecule has 4 heteroatoms. The fourth-order valence-corrected chi connectivity index (χ4v) is 3.00. The van der Waals surface area contributed by atoms with Gasteiger partial charge >= 0.3 is 0 Å². The van der Waals surface area contributed by atoms with E-state index in [-0.39, 0.29) is 18.1 Å². The lowest BCUT2D eigenvalue weighted by molar-refractivity contribution is -0.121. The van der Waals surface area contributed by atoms with Crippen molar-refractivity contribution in [2.75, 3.05) is 26.3 Å². The average molecular weight is 241 g/mol. The van der Waals surface area contributed by atoms with Gasteiger partial charge in [0.15, 0.2) is 0 Å². The Morgan fingerprint density at radius 3 is 2.76 bits per heavy atom. The number of aliphatic hydroxyl groups excluding tert-OH is 1. The summed E-state index contributed by atoms with van der Waals surface area (Å²) in [7, 11) is 0. The number of hydrogen-bond donors (Lipinski definition) is 1. The number of aliphatic hydroxyl groups is 1. The lowest BCUT2D eigenvalue weighted by atomic mass is 9.87. The number of aldehydes is 1. The van der Waals surface area contributed by atoms with Crippen molar-refractivity contribution in [2.45, 2.75) is 44.8 Å². The minimum Gasteiger partial charge on any atom is -0.394 e. The summed E-state index contributed by atoms with van der Waals surface area (Å²) >= 11 is 0. The molecular weight excluding hydrogens is 218 g/mol. The first-order valence-corrected chi connectivity index (χ1v) is 6.62.